The Morgan fingerprint density at radius 3 is 2.31 bits per heavy atom. The van der Waals surface area contributed by atoms with Crippen molar-refractivity contribution in [3.8, 4) is 0 Å². The molecule has 3 amide bonds. The Morgan fingerprint density at radius 1 is 1.00 bits per heavy atom. The van der Waals surface area contributed by atoms with E-state index in [0.717, 1.165) is 56.7 Å². The Kier molecular flexibility index (Phi) is 7.51. The van der Waals surface area contributed by atoms with E-state index in [0.29, 0.717) is 13.1 Å². The highest BCUT2D eigenvalue weighted by Crippen LogP contribution is 2.55. The van der Waals surface area contributed by atoms with Gasteiger partial charge in [-0.05, 0) is 68.8 Å². The van der Waals surface area contributed by atoms with E-state index in [1.165, 1.54) is 30.4 Å². The molecular weight excluding hydrogens is 456 g/mol. The molecule has 1 aromatic rings. The van der Waals surface area contributed by atoms with Gasteiger partial charge in [0.1, 0.15) is 0 Å². The number of hydrogen-bond acceptors (Lipinski definition) is 5. The van der Waals surface area contributed by atoms with Gasteiger partial charge in [-0.1, -0.05) is 29.8 Å². The molecular formula is C28H40N4O4. The van der Waals surface area contributed by atoms with E-state index in [4.69, 9.17) is 4.74 Å². The zero-order valence-electron chi connectivity index (χ0n) is 21.5. The Labute approximate surface area is 214 Å². The lowest BCUT2D eigenvalue weighted by Crippen LogP contribution is -2.61. The molecule has 4 aliphatic carbocycles. The molecule has 1 saturated heterocycles. The molecule has 8 heteroatoms. The van der Waals surface area contributed by atoms with Crippen molar-refractivity contribution in [1.29, 1.82) is 0 Å². The number of piperazine rings is 1. The van der Waals surface area contributed by atoms with Crippen molar-refractivity contribution in [3.63, 3.8) is 0 Å². The Balaban J connectivity index is 0.953. The zero-order valence-corrected chi connectivity index (χ0v) is 21.5. The van der Waals surface area contributed by atoms with Gasteiger partial charge >= 0.3 is 12.0 Å². The van der Waals surface area contributed by atoms with E-state index in [-0.39, 0.29) is 37.0 Å². The minimum Gasteiger partial charge on any atom is -0.456 e. The molecule has 4 saturated carbocycles. The fourth-order valence-corrected chi connectivity index (χ4v) is 7.36. The van der Waals surface area contributed by atoms with Crippen LogP contribution in [-0.4, -0.2) is 72.6 Å². The highest BCUT2D eigenvalue weighted by molar-refractivity contribution is 5.81. The van der Waals surface area contributed by atoms with Crippen LogP contribution in [0.3, 0.4) is 0 Å². The number of benzene rings is 1. The second-order valence-electron chi connectivity index (χ2n) is 11.6. The van der Waals surface area contributed by atoms with Crippen LogP contribution in [0.4, 0.5) is 4.79 Å². The van der Waals surface area contributed by atoms with Crippen LogP contribution in [0.15, 0.2) is 24.3 Å². The van der Waals surface area contributed by atoms with Crippen LogP contribution in [0, 0.1) is 24.7 Å². The second kappa shape index (κ2) is 10.8. The summed E-state index contributed by atoms with van der Waals surface area (Å²) >= 11 is 0. The standard InChI is InChI=1S/C28H40N4O4/c1-20-3-2-4-21(11-20)18-31-7-9-32(10-8-31)25(33)19-36-26(34)5-6-29-27(35)30-28-15-22-12-23(16-28)14-24(13-22)17-28/h2-4,11,22-24H,5-10,12-19H2,1H3,(H2,29,30,35). The number of ether oxygens (including phenoxy) is 1. The molecule has 0 atom stereocenters. The van der Waals surface area contributed by atoms with Crippen molar-refractivity contribution < 1.29 is 19.1 Å². The molecule has 5 aliphatic rings. The van der Waals surface area contributed by atoms with Gasteiger partial charge in [-0.3, -0.25) is 14.5 Å². The first-order valence-corrected chi connectivity index (χ1v) is 13.6. The van der Waals surface area contributed by atoms with Crippen molar-refractivity contribution in [3.05, 3.63) is 35.4 Å². The third kappa shape index (κ3) is 6.20. The topological polar surface area (TPSA) is 91.0 Å². The Morgan fingerprint density at radius 2 is 1.67 bits per heavy atom. The van der Waals surface area contributed by atoms with E-state index in [9.17, 15) is 14.4 Å². The Bertz CT molecular complexity index is 937. The van der Waals surface area contributed by atoms with Gasteiger partial charge in [0, 0.05) is 44.8 Å². The SMILES string of the molecule is Cc1cccc(CN2CCN(C(=O)COC(=O)CCNC(=O)NC34CC5CC(CC(C5)C3)C4)CC2)c1. The molecule has 8 nitrogen and oxygen atoms in total. The van der Waals surface area contributed by atoms with Gasteiger partial charge in [0.25, 0.3) is 5.91 Å². The van der Waals surface area contributed by atoms with Crippen molar-refractivity contribution in [2.75, 3.05) is 39.3 Å². The van der Waals surface area contributed by atoms with Gasteiger partial charge in [0.2, 0.25) is 0 Å². The van der Waals surface area contributed by atoms with Crippen LogP contribution in [0.2, 0.25) is 0 Å². The van der Waals surface area contributed by atoms with Crippen LogP contribution < -0.4 is 10.6 Å². The first-order chi connectivity index (χ1) is 17.4. The molecule has 0 spiro atoms. The minimum absolute atomic E-state index is 0.0458. The normalized spacial score (nSPS) is 29.1. The van der Waals surface area contributed by atoms with Crippen molar-refractivity contribution in [2.24, 2.45) is 17.8 Å². The quantitative estimate of drug-likeness (QED) is 0.540. The van der Waals surface area contributed by atoms with Crippen LogP contribution in [0.1, 0.15) is 56.1 Å². The highest BCUT2D eigenvalue weighted by Gasteiger charge is 2.51. The predicted octanol–water partition coefficient (Wildman–Crippen LogP) is 2.84. The third-order valence-corrected chi connectivity index (χ3v) is 8.60. The van der Waals surface area contributed by atoms with Gasteiger partial charge in [-0.15, -0.1) is 0 Å². The number of esters is 1. The van der Waals surface area contributed by atoms with E-state index >= 15 is 0 Å². The molecule has 5 fully saturated rings. The molecule has 1 aromatic carbocycles. The summed E-state index contributed by atoms with van der Waals surface area (Å²) in [6.07, 6.45) is 7.33. The summed E-state index contributed by atoms with van der Waals surface area (Å²) in [6.45, 7) is 5.81. The fraction of sp³-hybridized carbons (Fsp3) is 0.679. The zero-order chi connectivity index (χ0) is 25.1. The first kappa shape index (κ1) is 25.1. The summed E-state index contributed by atoms with van der Waals surface area (Å²) in [5.74, 6) is 1.67. The van der Waals surface area contributed by atoms with Crippen LogP contribution >= 0.6 is 0 Å². The summed E-state index contributed by atoms with van der Waals surface area (Å²) < 4.78 is 5.19. The molecule has 1 aliphatic heterocycles. The van der Waals surface area contributed by atoms with Gasteiger partial charge in [-0.25, -0.2) is 4.79 Å². The Hall–Kier alpha value is -2.61. The summed E-state index contributed by atoms with van der Waals surface area (Å²) in [6, 6.07) is 8.30. The lowest BCUT2D eigenvalue weighted by molar-refractivity contribution is -0.152. The highest BCUT2D eigenvalue weighted by atomic mass is 16.5. The molecule has 2 N–H and O–H groups in total. The molecule has 0 unspecified atom stereocenters. The predicted molar refractivity (Wildman–Crippen MR) is 136 cm³/mol. The van der Waals surface area contributed by atoms with Crippen LogP contribution in [0.25, 0.3) is 0 Å². The smallest absolute Gasteiger partial charge is 0.315 e. The van der Waals surface area contributed by atoms with Crippen LogP contribution in [0.5, 0.6) is 0 Å². The number of rotatable bonds is 8. The largest absolute Gasteiger partial charge is 0.456 e. The lowest BCUT2D eigenvalue weighted by atomic mass is 9.53. The maximum absolute atomic E-state index is 12.5. The van der Waals surface area contributed by atoms with E-state index in [1.54, 1.807) is 4.90 Å². The lowest BCUT2D eigenvalue weighted by Gasteiger charge is -2.56. The van der Waals surface area contributed by atoms with E-state index in [1.807, 2.05) is 0 Å². The number of carbonyl (C=O) groups is 3. The molecule has 1 heterocycles. The average Bonchev–Trinajstić information content (AvgIpc) is 2.82. The average molecular weight is 497 g/mol. The fourth-order valence-electron chi connectivity index (χ4n) is 7.36. The van der Waals surface area contributed by atoms with Crippen LogP contribution in [-0.2, 0) is 20.9 Å². The third-order valence-electron chi connectivity index (χ3n) is 8.60. The monoisotopic (exact) mass is 496 g/mol. The number of carbonyl (C=O) groups excluding carboxylic acids is 3. The first-order valence-electron chi connectivity index (χ1n) is 13.6. The summed E-state index contributed by atoms with van der Waals surface area (Å²) in [5.41, 5.74) is 2.49. The second-order valence-corrected chi connectivity index (χ2v) is 11.6. The number of amides is 3. The van der Waals surface area contributed by atoms with Gasteiger partial charge in [0.05, 0.1) is 6.42 Å². The van der Waals surface area contributed by atoms with E-state index < -0.39 is 5.97 Å². The maximum atomic E-state index is 12.5. The summed E-state index contributed by atoms with van der Waals surface area (Å²) in [4.78, 5) is 41.2. The van der Waals surface area contributed by atoms with Crippen molar-refractivity contribution in [1.82, 2.24) is 20.4 Å². The summed E-state index contributed by atoms with van der Waals surface area (Å²) in [5, 5.41) is 6.06. The molecule has 0 aromatic heterocycles. The number of hydrogen-bond donors (Lipinski definition) is 2. The van der Waals surface area contributed by atoms with Gasteiger partial charge < -0.3 is 20.3 Å². The van der Waals surface area contributed by atoms with Gasteiger partial charge in [-0.2, -0.15) is 0 Å². The number of urea groups is 1. The van der Waals surface area contributed by atoms with Crippen molar-refractivity contribution >= 4 is 17.9 Å². The molecule has 6 rings (SSSR count). The number of nitrogens with zero attached hydrogens (tertiary/aromatic N) is 2. The maximum Gasteiger partial charge on any atom is 0.315 e. The molecule has 0 radical (unpaired) electrons. The number of aryl methyl sites for hydroxylation is 1. The van der Waals surface area contributed by atoms with Crippen molar-refractivity contribution in [2.45, 2.75) is 64.0 Å². The number of nitrogens with one attached hydrogen (secondary N) is 2. The van der Waals surface area contributed by atoms with Gasteiger partial charge in [0.15, 0.2) is 6.61 Å². The molecule has 4 bridgehead atoms. The minimum atomic E-state index is -0.462. The van der Waals surface area contributed by atoms with E-state index in [2.05, 4.69) is 46.7 Å². The molecule has 36 heavy (non-hydrogen) atoms. The molecule has 196 valence electrons. The summed E-state index contributed by atoms with van der Waals surface area (Å²) in [7, 11) is 0.